The van der Waals surface area contributed by atoms with Gasteiger partial charge in [0.15, 0.2) is 5.65 Å². The van der Waals surface area contributed by atoms with Gasteiger partial charge in [0.2, 0.25) is 5.95 Å². The minimum atomic E-state index is -0.678. The van der Waals surface area contributed by atoms with E-state index in [0.29, 0.717) is 18.1 Å². The van der Waals surface area contributed by atoms with Crippen molar-refractivity contribution >= 4 is 28.9 Å². The summed E-state index contributed by atoms with van der Waals surface area (Å²) in [5.74, 6) is 1.21. The zero-order chi connectivity index (χ0) is 16.9. The van der Waals surface area contributed by atoms with Crippen molar-refractivity contribution in [3.63, 3.8) is 0 Å². The molecule has 2 N–H and O–H groups in total. The van der Waals surface area contributed by atoms with Gasteiger partial charge in [0.25, 0.3) is 0 Å². The van der Waals surface area contributed by atoms with E-state index in [1.54, 1.807) is 24.3 Å². The average molecular weight is 345 g/mol. The molecule has 24 heavy (non-hydrogen) atoms. The Morgan fingerprint density at radius 1 is 1.33 bits per heavy atom. The van der Waals surface area contributed by atoms with Gasteiger partial charge < -0.3 is 19.7 Å². The predicted octanol–water partition coefficient (Wildman–Crippen LogP) is 1.94. The van der Waals surface area contributed by atoms with E-state index in [9.17, 15) is 5.11 Å². The summed E-state index contributed by atoms with van der Waals surface area (Å²) in [7, 11) is 1.89. The normalized spacial score (nSPS) is 12.3. The van der Waals surface area contributed by atoms with Gasteiger partial charge in [0.1, 0.15) is 24.0 Å². The molecule has 1 aromatic carbocycles. The van der Waals surface area contributed by atoms with Crippen molar-refractivity contribution in [2.45, 2.75) is 11.0 Å². The maximum atomic E-state index is 10.1. The first-order chi connectivity index (χ1) is 11.7. The molecule has 3 aromatic rings. The summed E-state index contributed by atoms with van der Waals surface area (Å²) in [6.45, 7) is 0.482. The zero-order valence-electron chi connectivity index (χ0n) is 13.5. The molecule has 0 saturated carbocycles. The van der Waals surface area contributed by atoms with Gasteiger partial charge in [-0.1, -0.05) is 12.1 Å². The molecule has 0 unspecified atom stereocenters. The van der Waals surface area contributed by atoms with Crippen LogP contribution in [0.1, 0.15) is 0 Å². The molecule has 8 heteroatoms. The number of nitrogens with one attached hydrogen (secondary N) is 1. The van der Waals surface area contributed by atoms with E-state index in [0.717, 1.165) is 16.2 Å². The maximum Gasteiger partial charge on any atom is 0.224 e. The highest BCUT2D eigenvalue weighted by molar-refractivity contribution is 7.98. The fourth-order valence-corrected chi connectivity index (χ4v) is 2.73. The first-order valence-corrected chi connectivity index (χ1v) is 8.71. The highest BCUT2D eigenvalue weighted by Crippen LogP contribution is 2.26. The molecule has 0 radical (unpaired) electrons. The molecule has 126 valence electrons. The van der Waals surface area contributed by atoms with Crippen LogP contribution < -0.4 is 10.1 Å². The lowest BCUT2D eigenvalue weighted by Crippen LogP contribution is -2.27. The summed E-state index contributed by atoms with van der Waals surface area (Å²) in [6, 6.07) is 7.75. The van der Waals surface area contributed by atoms with Crippen LogP contribution in [0.15, 0.2) is 41.7 Å². The van der Waals surface area contributed by atoms with E-state index in [1.807, 2.05) is 42.1 Å². The molecule has 0 amide bonds. The quantitative estimate of drug-likeness (QED) is 0.633. The monoisotopic (exact) mass is 345 g/mol. The topological polar surface area (TPSA) is 85.1 Å². The van der Waals surface area contributed by atoms with Crippen LogP contribution in [0.5, 0.6) is 5.75 Å². The Kier molecular flexibility index (Phi) is 5.17. The Morgan fingerprint density at radius 3 is 3.00 bits per heavy atom. The lowest BCUT2D eigenvalue weighted by Gasteiger charge is -2.14. The number of aromatic nitrogens is 4. The molecule has 2 heterocycles. The van der Waals surface area contributed by atoms with Gasteiger partial charge in [-0.3, -0.25) is 0 Å². The molecule has 3 rings (SSSR count). The lowest BCUT2D eigenvalue weighted by molar-refractivity contribution is 0.116. The molecular formula is C16H19N5O2S. The number of fused-ring (bicyclic) bond motifs is 1. The second-order valence-electron chi connectivity index (χ2n) is 5.25. The molecule has 0 aliphatic carbocycles. The minimum Gasteiger partial charge on any atom is -0.490 e. The molecule has 7 nitrogen and oxygen atoms in total. The Balaban J connectivity index is 1.53. The third kappa shape index (κ3) is 3.77. The second-order valence-corrected chi connectivity index (χ2v) is 6.10. The zero-order valence-corrected chi connectivity index (χ0v) is 14.3. The summed E-state index contributed by atoms with van der Waals surface area (Å²) < 4.78 is 7.54. The molecule has 0 bridgehead atoms. The van der Waals surface area contributed by atoms with Gasteiger partial charge in [0.05, 0.1) is 12.5 Å². The highest BCUT2D eigenvalue weighted by Gasteiger charge is 2.09. The van der Waals surface area contributed by atoms with E-state index >= 15 is 0 Å². The number of benzene rings is 1. The van der Waals surface area contributed by atoms with Crippen molar-refractivity contribution in [1.82, 2.24) is 19.5 Å². The van der Waals surface area contributed by atoms with Gasteiger partial charge in [-0.05, 0) is 18.4 Å². The van der Waals surface area contributed by atoms with Crippen molar-refractivity contribution < 1.29 is 9.84 Å². The number of ether oxygens (including phenoxy) is 1. The number of hydrogen-bond acceptors (Lipinski definition) is 7. The third-order valence-electron chi connectivity index (χ3n) is 3.48. The van der Waals surface area contributed by atoms with Crippen LogP contribution in [0.3, 0.4) is 0 Å². The van der Waals surface area contributed by atoms with Gasteiger partial charge in [-0.2, -0.15) is 4.98 Å². The molecule has 0 aliphatic heterocycles. The van der Waals surface area contributed by atoms with Crippen LogP contribution in [-0.4, -0.2) is 50.1 Å². The van der Waals surface area contributed by atoms with E-state index in [4.69, 9.17) is 4.74 Å². The summed E-state index contributed by atoms with van der Waals surface area (Å²) in [6.07, 6.45) is 4.71. The van der Waals surface area contributed by atoms with Crippen molar-refractivity contribution in [2.24, 2.45) is 7.05 Å². The number of nitrogens with zero attached hydrogens (tertiary/aromatic N) is 4. The third-order valence-corrected chi connectivity index (χ3v) is 4.26. The van der Waals surface area contributed by atoms with Crippen molar-refractivity contribution in [2.75, 3.05) is 24.7 Å². The Hall–Kier alpha value is -2.32. The van der Waals surface area contributed by atoms with Gasteiger partial charge >= 0.3 is 0 Å². The summed E-state index contributed by atoms with van der Waals surface area (Å²) in [4.78, 5) is 13.8. The molecule has 0 saturated heterocycles. The SMILES string of the molecule is CSc1ccccc1OC[C@H](O)CNc1ncc2c(ncn2C)n1. The lowest BCUT2D eigenvalue weighted by atomic mass is 10.3. The highest BCUT2D eigenvalue weighted by atomic mass is 32.2. The number of hydrogen-bond donors (Lipinski definition) is 2. The number of rotatable bonds is 7. The van der Waals surface area contributed by atoms with Crippen molar-refractivity contribution in [1.29, 1.82) is 0 Å². The van der Waals surface area contributed by atoms with Crippen LogP contribution in [0, 0.1) is 0 Å². The van der Waals surface area contributed by atoms with Crippen LogP contribution in [0.25, 0.3) is 11.2 Å². The first-order valence-electron chi connectivity index (χ1n) is 7.49. The van der Waals surface area contributed by atoms with Crippen LogP contribution >= 0.6 is 11.8 Å². The van der Waals surface area contributed by atoms with E-state index in [-0.39, 0.29) is 6.61 Å². The fraction of sp³-hybridized carbons (Fsp3) is 0.312. The van der Waals surface area contributed by atoms with Crippen LogP contribution in [0.2, 0.25) is 0 Å². The number of aliphatic hydroxyl groups excluding tert-OH is 1. The molecular weight excluding hydrogens is 326 g/mol. The predicted molar refractivity (Wildman–Crippen MR) is 94.5 cm³/mol. The van der Waals surface area contributed by atoms with E-state index in [2.05, 4.69) is 20.3 Å². The molecule has 0 aliphatic rings. The van der Waals surface area contributed by atoms with E-state index < -0.39 is 6.10 Å². The first kappa shape index (κ1) is 16.5. The second kappa shape index (κ2) is 7.50. The standard InChI is InChI=1S/C16H19N5O2S/c1-21-10-19-15-12(21)8-18-16(20-15)17-7-11(22)9-23-13-5-3-4-6-14(13)24-2/h3-6,8,10-11,22H,7,9H2,1-2H3,(H,17,18,20)/t11-/m1/s1. The Morgan fingerprint density at radius 2 is 2.17 bits per heavy atom. The Labute approximate surface area is 144 Å². The van der Waals surface area contributed by atoms with Crippen LogP contribution in [0.4, 0.5) is 5.95 Å². The summed E-state index contributed by atoms with van der Waals surface area (Å²) in [5.41, 5.74) is 1.48. The van der Waals surface area contributed by atoms with Crippen molar-refractivity contribution in [3.8, 4) is 5.75 Å². The fourth-order valence-electron chi connectivity index (χ4n) is 2.19. The number of thioether (sulfide) groups is 1. The minimum absolute atomic E-state index is 0.191. The van der Waals surface area contributed by atoms with Gasteiger partial charge in [0, 0.05) is 18.5 Å². The largest absolute Gasteiger partial charge is 0.490 e. The number of anilines is 1. The van der Waals surface area contributed by atoms with Crippen LogP contribution in [-0.2, 0) is 7.05 Å². The Bertz CT molecular complexity index is 823. The number of aryl methyl sites for hydroxylation is 1. The van der Waals surface area contributed by atoms with Gasteiger partial charge in [-0.25, -0.2) is 9.97 Å². The summed E-state index contributed by atoms with van der Waals surface area (Å²) >= 11 is 1.61. The number of imidazole rings is 1. The van der Waals surface area contributed by atoms with Gasteiger partial charge in [-0.15, -0.1) is 11.8 Å². The average Bonchev–Trinajstić information content (AvgIpc) is 2.99. The molecule has 0 fully saturated rings. The number of aliphatic hydroxyl groups is 1. The number of para-hydroxylation sites is 1. The summed E-state index contributed by atoms with van der Waals surface area (Å²) in [5, 5.41) is 13.1. The van der Waals surface area contributed by atoms with E-state index in [1.165, 1.54) is 0 Å². The van der Waals surface area contributed by atoms with Crippen molar-refractivity contribution in [3.05, 3.63) is 36.8 Å². The molecule has 2 aromatic heterocycles. The smallest absolute Gasteiger partial charge is 0.224 e. The molecule has 1 atom stereocenters. The maximum absolute atomic E-state index is 10.1. The molecule has 0 spiro atoms.